The number of benzene rings is 1. The number of nitrogens with one attached hydrogen (secondary N) is 2. The van der Waals surface area contributed by atoms with E-state index in [2.05, 4.69) is 25.6 Å². The molecule has 0 fully saturated rings. The number of hydrogen-bond acceptors (Lipinski definition) is 7. The normalized spacial score (nSPS) is 10.5. The molecule has 2 N–H and O–H groups in total. The molecule has 3 aromatic rings. The number of methoxy groups -OCH3 is 1. The lowest BCUT2D eigenvalue weighted by atomic mass is 10.3. The zero-order chi connectivity index (χ0) is 15.9. The van der Waals surface area contributed by atoms with Crippen LogP contribution in [0.15, 0.2) is 48.8 Å². The smallest absolute Gasteiger partial charge is 0.227 e. The van der Waals surface area contributed by atoms with Crippen molar-refractivity contribution < 1.29 is 4.74 Å². The van der Waals surface area contributed by atoms with Gasteiger partial charge in [-0.1, -0.05) is 29.5 Å². The molecule has 0 saturated carbocycles. The van der Waals surface area contributed by atoms with Gasteiger partial charge in [-0.05, 0) is 18.2 Å². The van der Waals surface area contributed by atoms with Gasteiger partial charge in [0.05, 0.1) is 17.2 Å². The Bertz CT molecular complexity index is 747. The van der Waals surface area contributed by atoms with Crippen molar-refractivity contribution in [2.45, 2.75) is 0 Å². The van der Waals surface area contributed by atoms with Gasteiger partial charge in [0.1, 0.15) is 0 Å². The standard InChI is InChI=1S/C16H17N5OS/c1-22-10-9-18-16-19-11-14(23-16)13-7-8-17-15(21-13)20-12-5-3-2-4-6-12/h2-8,11H,9-10H2,1H3,(H,18,19)(H,17,20,21). The van der Waals surface area contributed by atoms with Gasteiger partial charge >= 0.3 is 0 Å². The van der Waals surface area contributed by atoms with E-state index in [4.69, 9.17) is 4.74 Å². The first-order chi connectivity index (χ1) is 11.3. The van der Waals surface area contributed by atoms with Crippen molar-refractivity contribution >= 4 is 28.1 Å². The molecule has 0 atom stereocenters. The van der Waals surface area contributed by atoms with Crippen LogP contribution in [0.25, 0.3) is 10.6 Å². The average molecular weight is 327 g/mol. The summed E-state index contributed by atoms with van der Waals surface area (Å²) in [5, 5.41) is 7.26. The van der Waals surface area contributed by atoms with Gasteiger partial charge in [-0.2, -0.15) is 0 Å². The predicted molar refractivity (Wildman–Crippen MR) is 93.2 cm³/mol. The molecule has 118 valence electrons. The van der Waals surface area contributed by atoms with E-state index in [0.717, 1.165) is 27.9 Å². The van der Waals surface area contributed by atoms with Crippen molar-refractivity contribution in [3.63, 3.8) is 0 Å². The molecule has 3 rings (SSSR count). The Balaban J connectivity index is 1.72. The van der Waals surface area contributed by atoms with E-state index in [1.54, 1.807) is 24.6 Å². The topological polar surface area (TPSA) is 72.0 Å². The van der Waals surface area contributed by atoms with Crippen molar-refractivity contribution in [1.82, 2.24) is 15.0 Å². The van der Waals surface area contributed by atoms with E-state index in [1.165, 1.54) is 0 Å². The minimum absolute atomic E-state index is 0.566. The molecular formula is C16H17N5OS. The Morgan fingerprint density at radius 2 is 2.00 bits per heavy atom. The number of hydrogen-bond donors (Lipinski definition) is 2. The number of nitrogens with zero attached hydrogens (tertiary/aromatic N) is 3. The van der Waals surface area contributed by atoms with Crippen LogP contribution in [0.3, 0.4) is 0 Å². The minimum atomic E-state index is 0.566. The molecule has 0 saturated heterocycles. The van der Waals surface area contributed by atoms with Crippen molar-refractivity contribution in [1.29, 1.82) is 0 Å². The first-order valence-corrected chi connectivity index (χ1v) is 8.01. The van der Waals surface area contributed by atoms with Gasteiger partial charge < -0.3 is 15.4 Å². The van der Waals surface area contributed by atoms with Crippen LogP contribution < -0.4 is 10.6 Å². The molecule has 0 aliphatic carbocycles. The molecule has 6 nitrogen and oxygen atoms in total. The molecule has 0 radical (unpaired) electrons. The van der Waals surface area contributed by atoms with Gasteiger partial charge in [0.15, 0.2) is 5.13 Å². The van der Waals surface area contributed by atoms with Crippen LogP contribution in [0.5, 0.6) is 0 Å². The molecule has 0 spiro atoms. The summed E-state index contributed by atoms with van der Waals surface area (Å²) in [6.45, 7) is 1.38. The molecule has 1 aromatic carbocycles. The highest BCUT2D eigenvalue weighted by Crippen LogP contribution is 2.28. The van der Waals surface area contributed by atoms with Crippen LogP contribution in [0.2, 0.25) is 0 Å². The van der Waals surface area contributed by atoms with Crippen molar-refractivity contribution in [2.24, 2.45) is 0 Å². The number of aromatic nitrogens is 3. The van der Waals surface area contributed by atoms with E-state index < -0.39 is 0 Å². The van der Waals surface area contributed by atoms with Crippen LogP contribution in [-0.2, 0) is 4.74 Å². The first kappa shape index (κ1) is 15.4. The number of thiazole rings is 1. The fraction of sp³-hybridized carbons (Fsp3) is 0.188. The quantitative estimate of drug-likeness (QED) is 0.648. The Kier molecular flexibility index (Phi) is 5.13. The highest BCUT2D eigenvalue weighted by atomic mass is 32.1. The molecule has 7 heteroatoms. The lowest BCUT2D eigenvalue weighted by molar-refractivity contribution is 0.211. The van der Waals surface area contributed by atoms with Crippen molar-refractivity contribution in [2.75, 3.05) is 30.9 Å². The third-order valence-electron chi connectivity index (χ3n) is 3.03. The van der Waals surface area contributed by atoms with Gasteiger partial charge in [0, 0.05) is 31.7 Å². The van der Waals surface area contributed by atoms with Crippen LogP contribution in [0.1, 0.15) is 0 Å². The van der Waals surface area contributed by atoms with E-state index >= 15 is 0 Å². The second-order valence-corrected chi connectivity index (χ2v) is 5.74. The van der Waals surface area contributed by atoms with E-state index in [1.807, 2.05) is 42.6 Å². The van der Waals surface area contributed by atoms with Gasteiger partial charge in [0.25, 0.3) is 0 Å². The van der Waals surface area contributed by atoms with Gasteiger partial charge in [0.2, 0.25) is 5.95 Å². The van der Waals surface area contributed by atoms with Gasteiger partial charge in [-0.25, -0.2) is 15.0 Å². The summed E-state index contributed by atoms with van der Waals surface area (Å²) in [7, 11) is 1.68. The average Bonchev–Trinajstić information content (AvgIpc) is 3.05. The zero-order valence-corrected chi connectivity index (χ0v) is 13.5. The van der Waals surface area contributed by atoms with Crippen LogP contribution in [0.4, 0.5) is 16.8 Å². The van der Waals surface area contributed by atoms with Crippen LogP contribution >= 0.6 is 11.3 Å². The summed E-state index contributed by atoms with van der Waals surface area (Å²) < 4.78 is 5.01. The Morgan fingerprint density at radius 1 is 1.13 bits per heavy atom. The fourth-order valence-electron chi connectivity index (χ4n) is 1.94. The van der Waals surface area contributed by atoms with Crippen molar-refractivity contribution in [3.8, 4) is 10.6 Å². The number of rotatable bonds is 7. The maximum absolute atomic E-state index is 5.01. The molecule has 0 bridgehead atoms. The monoisotopic (exact) mass is 327 g/mol. The van der Waals surface area contributed by atoms with E-state index in [0.29, 0.717) is 12.6 Å². The molecule has 0 aliphatic rings. The largest absolute Gasteiger partial charge is 0.383 e. The molecule has 0 amide bonds. The molecular weight excluding hydrogens is 310 g/mol. The SMILES string of the molecule is COCCNc1ncc(-c2ccnc(Nc3ccccc3)n2)s1. The molecule has 0 unspecified atom stereocenters. The highest BCUT2D eigenvalue weighted by Gasteiger charge is 2.07. The van der Waals surface area contributed by atoms with Gasteiger partial charge in [-0.3, -0.25) is 0 Å². The maximum Gasteiger partial charge on any atom is 0.227 e. The summed E-state index contributed by atoms with van der Waals surface area (Å²) in [5.41, 5.74) is 1.80. The summed E-state index contributed by atoms with van der Waals surface area (Å²) in [6, 6.07) is 11.7. The third-order valence-corrected chi connectivity index (χ3v) is 4.00. The third kappa shape index (κ3) is 4.24. The Hall–Kier alpha value is -2.51. The molecule has 0 aliphatic heterocycles. The lowest BCUT2D eigenvalue weighted by Gasteiger charge is -2.05. The second-order valence-electron chi connectivity index (χ2n) is 4.71. The summed E-state index contributed by atoms with van der Waals surface area (Å²) in [4.78, 5) is 14.1. The van der Waals surface area contributed by atoms with Crippen LogP contribution in [0, 0.1) is 0 Å². The minimum Gasteiger partial charge on any atom is -0.383 e. The Labute approximate surface area is 138 Å². The summed E-state index contributed by atoms with van der Waals surface area (Å²) in [6.07, 6.45) is 3.56. The number of ether oxygens (including phenoxy) is 1. The Morgan fingerprint density at radius 3 is 2.83 bits per heavy atom. The van der Waals surface area contributed by atoms with E-state index in [-0.39, 0.29) is 0 Å². The molecule has 2 heterocycles. The number of para-hydroxylation sites is 1. The fourth-order valence-corrected chi connectivity index (χ4v) is 2.75. The lowest BCUT2D eigenvalue weighted by Crippen LogP contribution is -2.06. The van der Waals surface area contributed by atoms with Crippen molar-refractivity contribution in [3.05, 3.63) is 48.8 Å². The summed E-state index contributed by atoms with van der Waals surface area (Å²) >= 11 is 1.56. The summed E-state index contributed by atoms with van der Waals surface area (Å²) in [5.74, 6) is 0.566. The first-order valence-electron chi connectivity index (χ1n) is 7.19. The number of anilines is 3. The highest BCUT2D eigenvalue weighted by molar-refractivity contribution is 7.18. The second kappa shape index (κ2) is 7.66. The zero-order valence-electron chi connectivity index (χ0n) is 12.7. The van der Waals surface area contributed by atoms with E-state index in [9.17, 15) is 0 Å². The molecule has 2 aromatic heterocycles. The maximum atomic E-state index is 5.01. The molecule has 23 heavy (non-hydrogen) atoms. The van der Waals surface area contributed by atoms with Gasteiger partial charge in [-0.15, -0.1) is 0 Å². The van der Waals surface area contributed by atoms with Crippen LogP contribution in [-0.4, -0.2) is 35.2 Å². The predicted octanol–water partition coefficient (Wildman–Crippen LogP) is 3.40.